The Balaban J connectivity index is 1.64. The van der Waals surface area contributed by atoms with Crippen molar-refractivity contribution in [2.75, 3.05) is 6.54 Å². The smallest absolute Gasteiger partial charge is 0.264 e. The largest absolute Gasteiger partial charge is 0.351 e. The van der Waals surface area contributed by atoms with Crippen LogP contribution in [-0.2, 0) is 6.42 Å². The molecular weight excluding hydrogens is 343 g/mol. The van der Waals surface area contributed by atoms with Gasteiger partial charge in [0, 0.05) is 18.1 Å². The van der Waals surface area contributed by atoms with Crippen molar-refractivity contribution in [3.8, 4) is 11.5 Å². The van der Waals surface area contributed by atoms with Crippen molar-refractivity contribution in [3.05, 3.63) is 68.1 Å². The average molecular weight is 358 g/mol. The Bertz CT molecular complexity index is 950. The minimum Gasteiger partial charge on any atom is -0.351 e. The van der Waals surface area contributed by atoms with Crippen LogP contribution in [0.15, 0.2) is 40.6 Å². The van der Waals surface area contributed by atoms with E-state index in [9.17, 15) is 14.0 Å². The number of thiazole rings is 1. The molecular formula is C17H15FN4O2S. The van der Waals surface area contributed by atoms with E-state index >= 15 is 0 Å². The molecule has 0 aliphatic carbocycles. The first kappa shape index (κ1) is 17.0. The summed E-state index contributed by atoms with van der Waals surface area (Å²) in [5.74, 6) is -0.477. The lowest BCUT2D eigenvalue weighted by Crippen LogP contribution is -2.31. The molecule has 0 radical (unpaired) electrons. The Morgan fingerprint density at radius 2 is 2.08 bits per heavy atom. The number of nitrogens with one attached hydrogen (secondary N) is 2. The highest BCUT2D eigenvalue weighted by atomic mass is 32.1. The maximum Gasteiger partial charge on any atom is 0.264 e. The SMILES string of the molecule is Cc1nc(-c2ncc(C(=O)NCCc3ccc(F)cc3)c(=O)[nH]2)cs1. The second-order valence-electron chi connectivity index (χ2n) is 5.36. The molecule has 3 rings (SSSR count). The second kappa shape index (κ2) is 7.35. The van der Waals surface area contributed by atoms with Crippen LogP contribution in [0.1, 0.15) is 20.9 Å². The average Bonchev–Trinajstić information content (AvgIpc) is 3.03. The molecule has 0 spiro atoms. The highest BCUT2D eigenvalue weighted by Gasteiger charge is 2.13. The van der Waals surface area contributed by atoms with Crippen molar-refractivity contribution in [1.29, 1.82) is 0 Å². The van der Waals surface area contributed by atoms with Gasteiger partial charge in [-0.25, -0.2) is 14.4 Å². The third-order valence-corrected chi connectivity index (χ3v) is 4.29. The molecule has 8 heteroatoms. The standard InChI is InChI=1S/C17H15FN4O2S/c1-10-21-14(9-25-10)15-20-8-13(17(24)22-15)16(23)19-7-6-11-2-4-12(18)5-3-11/h2-5,8-9H,6-7H2,1H3,(H,19,23)(H,20,22,24). The summed E-state index contributed by atoms with van der Waals surface area (Å²) < 4.78 is 12.8. The number of carbonyl (C=O) groups is 1. The van der Waals surface area contributed by atoms with Crippen molar-refractivity contribution in [3.63, 3.8) is 0 Å². The van der Waals surface area contributed by atoms with E-state index in [2.05, 4.69) is 20.3 Å². The highest BCUT2D eigenvalue weighted by molar-refractivity contribution is 7.09. The lowest BCUT2D eigenvalue weighted by Gasteiger charge is -2.05. The Hall–Kier alpha value is -2.87. The fourth-order valence-corrected chi connectivity index (χ4v) is 2.82. The number of aryl methyl sites for hydroxylation is 1. The molecule has 0 atom stereocenters. The zero-order valence-electron chi connectivity index (χ0n) is 13.4. The van der Waals surface area contributed by atoms with Gasteiger partial charge in [0.15, 0.2) is 5.82 Å². The van der Waals surface area contributed by atoms with E-state index in [1.54, 1.807) is 17.5 Å². The zero-order valence-corrected chi connectivity index (χ0v) is 14.2. The molecule has 2 aromatic heterocycles. The maximum atomic E-state index is 12.8. The van der Waals surface area contributed by atoms with Crippen LogP contribution in [0.5, 0.6) is 0 Å². The molecule has 128 valence electrons. The maximum absolute atomic E-state index is 12.8. The van der Waals surface area contributed by atoms with Crippen molar-refractivity contribution in [2.45, 2.75) is 13.3 Å². The van der Waals surface area contributed by atoms with Crippen molar-refractivity contribution >= 4 is 17.2 Å². The molecule has 6 nitrogen and oxygen atoms in total. The van der Waals surface area contributed by atoms with Crippen molar-refractivity contribution in [2.24, 2.45) is 0 Å². The highest BCUT2D eigenvalue weighted by Crippen LogP contribution is 2.16. The molecule has 0 aliphatic heterocycles. The number of nitrogens with zero attached hydrogens (tertiary/aromatic N) is 2. The van der Waals surface area contributed by atoms with E-state index in [-0.39, 0.29) is 11.4 Å². The van der Waals surface area contributed by atoms with E-state index in [1.165, 1.54) is 29.7 Å². The predicted molar refractivity (Wildman–Crippen MR) is 93.1 cm³/mol. The number of aromatic nitrogens is 3. The minimum absolute atomic E-state index is 0.0604. The van der Waals surface area contributed by atoms with Gasteiger partial charge in [0.1, 0.15) is 17.1 Å². The van der Waals surface area contributed by atoms with Gasteiger partial charge in [0.05, 0.1) is 5.01 Å². The number of benzene rings is 1. The van der Waals surface area contributed by atoms with E-state index in [4.69, 9.17) is 0 Å². The summed E-state index contributed by atoms with van der Waals surface area (Å²) in [4.78, 5) is 35.2. The van der Waals surface area contributed by atoms with E-state index in [1.807, 2.05) is 6.92 Å². The molecule has 0 saturated heterocycles. The summed E-state index contributed by atoms with van der Waals surface area (Å²) in [6, 6.07) is 6.04. The van der Waals surface area contributed by atoms with Gasteiger partial charge in [0.2, 0.25) is 0 Å². The number of amides is 1. The zero-order chi connectivity index (χ0) is 17.8. The number of carbonyl (C=O) groups excluding carboxylic acids is 1. The molecule has 0 saturated carbocycles. The lowest BCUT2D eigenvalue weighted by molar-refractivity contribution is 0.0952. The van der Waals surface area contributed by atoms with E-state index < -0.39 is 11.5 Å². The first-order valence-electron chi connectivity index (χ1n) is 7.57. The van der Waals surface area contributed by atoms with Gasteiger partial charge in [-0.3, -0.25) is 9.59 Å². The third kappa shape index (κ3) is 4.16. The quantitative estimate of drug-likeness (QED) is 0.733. The van der Waals surface area contributed by atoms with Crippen LogP contribution in [-0.4, -0.2) is 27.4 Å². The number of H-pyrrole nitrogens is 1. The molecule has 1 aromatic carbocycles. The van der Waals surface area contributed by atoms with Gasteiger partial charge in [-0.1, -0.05) is 12.1 Å². The molecule has 2 heterocycles. The first-order chi connectivity index (χ1) is 12.0. The monoisotopic (exact) mass is 358 g/mol. The number of hydrogen-bond acceptors (Lipinski definition) is 5. The molecule has 0 fully saturated rings. The van der Waals surface area contributed by atoms with Crippen LogP contribution in [0.4, 0.5) is 4.39 Å². The molecule has 0 unspecified atom stereocenters. The van der Waals surface area contributed by atoms with Crippen LogP contribution >= 0.6 is 11.3 Å². The number of halogens is 1. The van der Waals surface area contributed by atoms with Gasteiger partial charge in [-0.2, -0.15) is 0 Å². The van der Waals surface area contributed by atoms with Gasteiger partial charge >= 0.3 is 0 Å². The second-order valence-corrected chi connectivity index (χ2v) is 6.42. The molecule has 1 amide bonds. The lowest BCUT2D eigenvalue weighted by atomic mass is 10.1. The van der Waals surface area contributed by atoms with Crippen molar-refractivity contribution in [1.82, 2.24) is 20.3 Å². The van der Waals surface area contributed by atoms with Crippen LogP contribution < -0.4 is 10.9 Å². The van der Waals surface area contributed by atoms with Crippen LogP contribution in [0, 0.1) is 12.7 Å². The summed E-state index contributed by atoms with van der Waals surface area (Å²) >= 11 is 1.45. The van der Waals surface area contributed by atoms with Crippen LogP contribution in [0.3, 0.4) is 0 Å². The Kier molecular flexibility index (Phi) is 4.99. The van der Waals surface area contributed by atoms with Gasteiger partial charge < -0.3 is 10.3 Å². The van der Waals surface area contributed by atoms with Crippen molar-refractivity contribution < 1.29 is 9.18 Å². The normalized spacial score (nSPS) is 10.6. The number of hydrogen-bond donors (Lipinski definition) is 2. The fourth-order valence-electron chi connectivity index (χ4n) is 2.23. The number of aromatic amines is 1. The van der Waals surface area contributed by atoms with E-state index in [0.29, 0.717) is 24.5 Å². The molecule has 0 bridgehead atoms. The summed E-state index contributed by atoms with van der Waals surface area (Å²) in [6.45, 7) is 2.19. The Morgan fingerprint density at radius 3 is 2.72 bits per heavy atom. The molecule has 0 aliphatic rings. The summed E-state index contributed by atoms with van der Waals surface area (Å²) in [5.41, 5.74) is 0.885. The van der Waals surface area contributed by atoms with Crippen LogP contribution in [0.2, 0.25) is 0 Å². The summed E-state index contributed by atoms with van der Waals surface area (Å²) in [7, 11) is 0. The molecule has 3 aromatic rings. The topological polar surface area (TPSA) is 87.7 Å². The van der Waals surface area contributed by atoms with Gasteiger partial charge in [-0.05, 0) is 31.0 Å². The first-order valence-corrected chi connectivity index (χ1v) is 8.45. The summed E-state index contributed by atoms with van der Waals surface area (Å²) in [6.07, 6.45) is 1.78. The predicted octanol–water partition coefficient (Wildman–Crippen LogP) is 2.31. The minimum atomic E-state index is -0.519. The van der Waals surface area contributed by atoms with Crippen LogP contribution in [0.25, 0.3) is 11.5 Å². The number of rotatable bonds is 5. The molecule has 25 heavy (non-hydrogen) atoms. The van der Waals surface area contributed by atoms with Gasteiger partial charge in [0.25, 0.3) is 11.5 Å². The Morgan fingerprint density at radius 1 is 1.32 bits per heavy atom. The van der Waals surface area contributed by atoms with E-state index in [0.717, 1.165) is 10.6 Å². The fraction of sp³-hybridized carbons (Fsp3) is 0.176. The summed E-state index contributed by atoms with van der Waals surface area (Å²) in [5, 5.41) is 5.31. The molecule has 2 N–H and O–H groups in total. The Labute approximate surface area is 146 Å². The third-order valence-electron chi connectivity index (χ3n) is 3.52. The van der Waals surface area contributed by atoms with Gasteiger partial charge in [-0.15, -0.1) is 11.3 Å².